The Kier molecular flexibility index (Phi) is 4.96. The van der Waals surface area contributed by atoms with Crippen LogP contribution < -0.4 is 11.1 Å². The monoisotopic (exact) mass is 427 g/mol. The Morgan fingerprint density at radius 1 is 1.19 bits per heavy atom. The van der Waals surface area contributed by atoms with Crippen LogP contribution in [-0.4, -0.2) is 43.5 Å². The van der Waals surface area contributed by atoms with E-state index in [2.05, 4.69) is 15.3 Å². The summed E-state index contributed by atoms with van der Waals surface area (Å²) in [5, 5.41) is 25.2. The van der Waals surface area contributed by atoms with Crippen molar-refractivity contribution in [2.75, 3.05) is 12.3 Å². The van der Waals surface area contributed by atoms with Gasteiger partial charge in [0.1, 0.15) is 30.0 Å². The normalized spacial score (nSPS) is 23.2. The molecule has 2 aromatic heterocycles. The minimum absolute atomic E-state index is 0.345. The summed E-state index contributed by atoms with van der Waals surface area (Å²) in [5.74, 6) is -1.26. The summed E-state index contributed by atoms with van der Waals surface area (Å²) in [4.78, 5) is 8.23. The van der Waals surface area contributed by atoms with Gasteiger partial charge in [-0.3, -0.25) is 0 Å². The molecule has 1 aliphatic carbocycles. The van der Waals surface area contributed by atoms with E-state index < -0.39 is 29.9 Å². The number of hydrogen-bond donors (Lipinski definition) is 4. The predicted octanol–water partition coefficient (Wildman–Crippen LogP) is 1.77. The summed E-state index contributed by atoms with van der Waals surface area (Å²) in [6, 6.07) is 2.50. The molecule has 0 spiro atoms. The van der Waals surface area contributed by atoms with Gasteiger partial charge in [-0.05, 0) is 60.2 Å². The maximum absolute atomic E-state index is 14.2. The molecule has 1 aliphatic heterocycles. The Labute approximate surface area is 177 Å². The first-order valence-corrected chi connectivity index (χ1v) is 10.3. The van der Waals surface area contributed by atoms with E-state index in [1.54, 1.807) is 16.8 Å². The zero-order valence-corrected chi connectivity index (χ0v) is 16.7. The Hall–Kier alpha value is -2.88. The second-order valence-electron chi connectivity index (χ2n) is 8.10. The van der Waals surface area contributed by atoms with E-state index in [0.29, 0.717) is 60.3 Å². The van der Waals surface area contributed by atoms with Crippen LogP contribution in [0.1, 0.15) is 29.2 Å². The third-order valence-electron chi connectivity index (χ3n) is 6.36. The van der Waals surface area contributed by atoms with Crippen molar-refractivity contribution in [3.63, 3.8) is 0 Å². The van der Waals surface area contributed by atoms with Gasteiger partial charge in [0.2, 0.25) is 0 Å². The third kappa shape index (κ3) is 3.29. The second-order valence-corrected chi connectivity index (χ2v) is 8.10. The first-order valence-electron chi connectivity index (χ1n) is 10.3. The molecule has 0 saturated heterocycles. The highest BCUT2D eigenvalue weighted by Gasteiger charge is 2.36. The largest absolute Gasteiger partial charge is 0.388 e. The van der Waals surface area contributed by atoms with Gasteiger partial charge in [-0.15, -0.1) is 0 Å². The first kappa shape index (κ1) is 20.0. The average molecular weight is 427 g/mol. The van der Waals surface area contributed by atoms with Crippen LogP contribution in [-0.2, 0) is 19.4 Å². The number of nitrogens with one attached hydrogen (secondary N) is 1. The zero-order chi connectivity index (χ0) is 21.7. The lowest BCUT2D eigenvalue weighted by atomic mass is 9.91. The van der Waals surface area contributed by atoms with Crippen LogP contribution in [0.25, 0.3) is 11.0 Å². The molecule has 2 aliphatic rings. The van der Waals surface area contributed by atoms with Crippen LogP contribution >= 0.6 is 0 Å². The van der Waals surface area contributed by atoms with Crippen molar-refractivity contribution in [3.05, 3.63) is 64.6 Å². The fourth-order valence-corrected chi connectivity index (χ4v) is 4.71. The van der Waals surface area contributed by atoms with Crippen molar-refractivity contribution in [3.8, 4) is 0 Å². The van der Waals surface area contributed by atoms with E-state index in [0.717, 1.165) is 11.1 Å². The summed E-state index contributed by atoms with van der Waals surface area (Å²) in [7, 11) is 0. The molecule has 0 unspecified atom stereocenters. The van der Waals surface area contributed by atoms with Crippen LogP contribution in [0.2, 0.25) is 0 Å². The number of aliphatic hydroxyl groups excluding tert-OH is 2. The molecule has 0 radical (unpaired) electrons. The highest BCUT2D eigenvalue weighted by atomic mass is 19.2. The van der Waals surface area contributed by atoms with Gasteiger partial charge in [-0.25, -0.2) is 18.7 Å². The number of halogens is 2. The molecule has 0 saturated carbocycles. The molecule has 9 heteroatoms. The maximum Gasteiger partial charge on any atom is 0.162 e. The van der Waals surface area contributed by atoms with Crippen LogP contribution in [0.5, 0.6) is 0 Å². The number of aliphatic hydroxyl groups is 2. The molecular formula is C22H23F2N5O2. The van der Waals surface area contributed by atoms with E-state index in [1.165, 1.54) is 12.4 Å². The van der Waals surface area contributed by atoms with E-state index in [4.69, 9.17) is 5.73 Å². The summed E-state index contributed by atoms with van der Waals surface area (Å²) >= 11 is 0. The quantitative estimate of drug-likeness (QED) is 0.473. The number of nitrogen functional groups attached to an aromatic ring is 1. The van der Waals surface area contributed by atoms with Gasteiger partial charge in [-0.2, -0.15) is 0 Å². The molecular weight excluding hydrogens is 404 g/mol. The second kappa shape index (κ2) is 7.67. The molecule has 0 amide bonds. The fraction of sp³-hybridized carbons (Fsp3) is 0.364. The average Bonchev–Trinajstić information content (AvgIpc) is 3.32. The van der Waals surface area contributed by atoms with Crippen molar-refractivity contribution in [1.82, 2.24) is 19.9 Å². The first-order chi connectivity index (χ1) is 15.0. The smallest absolute Gasteiger partial charge is 0.162 e. The molecule has 7 nitrogen and oxygen atoms in total. The highest BCUT2D eigenvalue weighted by molar-refractivity contribution is 5.86. The van der Waals surface area contributed by atoms with Crippen molar-refractivity contribution in [1.29, 1.82) is 0 Å². The van der Waals surface area contributed by atoms with E-state index in [-0.39, 0.29) is 0 Å². The molecule has 3 aromatic rings. The third-order valence-corrected chi connectivity index (χ3v) is 6.36. The van der Waals surface area contributed by atoms with Crippen molar-refractivity contribution < 1.29 is 19.0 Å². The number of benzene rings is 1. The molecule has 3 atom stereocenters. The Bertz CT molecular complexity index is 1190. The van der Waals surface area contributed by atoms with E-state index in [9.17, 15) is 19.0 Å². The summed E-state index contributed by atoms with van der Waals surface area (Å²) < 4.78 is 30.0. The van der Waals surface area contributed by atoms with Crippen LogP contribution in [0.4, 0.5) is 14.6 Å². The predicted molar refractivity (Wildman–Crippen MR) is 111 cm³/mol. The minimum atomic E-state index is -1.05. The summed E-state index contributed by atoms with van der Waals surface area (Å²) in [6.45, 7) is 1.11. The van der Waals surface area contributed by atoms with Crippen molar-refractivity contribution >= 4 is 16.9 Å². The van der Waals surface area contributed by atoms with Crippen LogP contribution in [0.15, 0.2) is 36.3 Å². The lowest BCUT2D eigenvalue weighted by Gasteiger charge is -2.22. The molecule has 0 bridgehead atoms. The van der Waals surface area contributed by atoms with Crippen molar-refractivity contribution in [2.24, 2.45) is 0 Å². The lowest BCUT2D eigenvalue weighted by Crippen LogP contribution is -2.29. The molecule has 1 aromatic carbocycles. The Balaban J connectivity index is 1.43. The molecule has 31 heavy (non-hydrogen) atoms. The van der Waals surface area contributed by atoms with E-state index >= 15 is 0 Å². The van der Waals surface area contributed by atoms with Gasteiger partial charge in [0.15, 0.2) is 11.6 Å². The number of nitrogens with two attached hydrogens (primary N) is 1. The van der Waals surface area contributed by atoms with Gasteiger partial charge < -0.3 is 25.8 Å². The number of nitrogens with zero attached hydrogens (tertiary/aromatic N) is 3. The topological polar surface area (TPSA) is 109 Å². The standard InChI is InChI=1S/C22H23F2N5O2/c23-16-7-11(15-9-26-5-3-13(15)18(16)24)1-2-12-8-17(20(31)19(12)30)29-6-4-14-21(25)27-10-28-22(14)29/h4,6-8,10,17,19-20,26,30-31H,1-3,5,9H2,(H2,25,27,28)/t17-,19-,20+/m1/s1. The zero-order valence-electron chi connectivity index (χ0n) is 16.7. The number of anilines is 1. The minimum Gasteiger partial charge on any atom is -0.388 e. The fourth-order valence-electron chi connectivity index (χ4n) is 4.71. The highest BCUT2D eigenvalue weighted by Crippen LogP contribution is 2.35. The lowest BCUT2D eigenvalue weighted by molar-refractivity contribution is 0.0317. The van der Waals surface area contributed by atoms with Gasteiger partial charge in [0, 0.05) is 12.7 Å². The van der Waals surface area contributed by atoms with Crippen LogP contribution in [0, 0.1) is 11.6 Å². The van der Waals surface area contributed by atoms with Crippen LogP contribution in [0.3, 0.4) is 0 Å². The number of aryl methyl sites for hydroxylation is 1. The Morgan fingerprint density at radius 2 is 2.03 bits per heavy atom. The van der Waals surface area contributed by atoms with Gasteiger partial charge in [-0.1, -0.05) is 6.08 Å². The SMILES string of the molecule is Nc1ncnc2c1ccn2[C@@H]1C=C(CCc2cc(F)c(F)c3c2CNCC3)[C@@H](O)[C@H]1O. The van der Waals surface area contributed by atoms with Gasteiger partial charge in [0.05, 0.1) is 11.4 Å². The number of hydrogen-bond acceptors (Lipinski definition) is 6. The molecule has 0 fully saturated rings. The Morgan fingerprint density at radius 3 is 2.87 bits per heavy atom. The van der Waals surface area contributed by atoms with E-state index in [1.807, 2.05) is 6.08 Å². The van der Waals surface area contributed by atoms with Gasteiger partial charge >= 0.3 is 0 Å². The molecule has 162 valence electrons. The summed E-state index contributed by atoms with van der Waals surface area (Å²) in [5.41, 5.74) is 9.07. The number of aromatic nitrogens is 3. The maximum atomic E-state index is 14.2. The summed E-state index contributed by atoms with van der Waals surface area (Å²) in [6.07, 6.45) is 4.13. The molecule has 5 rings (SSSR count). The number of rotatable bonds is 4. The molecule has 5 N–H and O–H groups in total. The number of fused-ring (bicyclic) bond motifs is 2. The molecule has 3 heterocycles. The van der Waals surface area contributed by atoms with Gasteiger partial charge in [0.25, 0.3) is 0 Å². The van der Waals surface area contributed by atoms with Crippen molar-refractivity contribution in [2.45, 2.75) is 44.1 Å².